The summed E-state index contributed by atoms with van der Waals surface area (Å²) >= 11 is 5.94. The van der Waals surface area contributed by atoms with Gasteiger partial charge in [0.25, 0.3) is 5.69 Å². The minimum atomic E-state index is -0.509. The Hall–Kier alpha value is -2.73. The highest BCUT2D eigenvalue weighted by Crippen LogP contribution is 2.31. The molecule has 0 aliphatic heterocycles. The number of nitro groups is 1. The van der Waals surface area contributed by atoms with Crippen molar-refractivity contribution in [2.45, 2.75) is 12.8 Å². The van der Waals surface area contributed by atoms with E-state index in [9.17, 15) is 10.1 Å². The molecule has 3 rings (SSSR count). The predicted octanol–water partition coefficient (Wildman–Crippen LogP) is 4.41. The largest absolute Gasteiger partial charge is 0.369 e. The molecular weight excluding hydrogens is 328 g/mol. The van der Waals surface area contributed by atoms with Gasteiger partial charge in [-0.05, 0) is 17.5 Å². The fourth-order valence-corrected chi connectivity index (χ4v) is 2.72. The maximum Gasteiger partial charge on any atom is 0.288 e. The summed E-state index contributed by atoms with van der Waals surface area (Å²) in [5, 5.41) is 15.0. The molecule has 0 saturated heterocycles. The number of halogens is 1. The van der Waals surface area contributed by atoms with Gasteiger partial charge in [0.2, 0.25) is 0 Å². The summed E-state index contributed by atoms with van der Waals surface area (Å²) in [4.78, 5) is 18.9. The van der Waals surface area contributed by atoms with E-state index in [1.54, 1.807) is 0 Å². The fourth-order valence-electron chi connectivity index (χ4n) is 2.50. The maximum atomic E-state index is 11.1. The summed E-state index contributed by atoms with van der Waals surface area (Å²) in [7, 11) is 0. The third-order valence-corrected chi connectivity index (χ3v) is 4.15. The van der Waals surface area contributed by atoms with Crippen LogP contribution in [0.4, 0.5) is 11.5 Å². The zero-order valence-electron chi connectivity index (χ0n) is 12.9. The normalized spacial score (nSPS) is 12.1. The van der Waals surface area contributed by atoms with Crippen molar-refractivity contribution in [2.75, 3.05) is 11.9 Å². The molecule has 3 aromatic rings. The van der Waals surface area contributed by atoms with E-state index in [4.69, 9.17) is 11.6 Å². The first-order valence-electron chi connectivity index (χ1n) is 7.43. The molecule has 122 valence electrons. The minimum absolute atomic E-state index is 0.0646. The third-order valence-electron chi connectivity index (χ3n) is 3.84. The Bertz CT molecular complexity index is 886. The number of anilines is 1. The first-order chi connectivity index (χ1) is 11.6. The van der Waals surface area contributed by atoms with Gasteiger partial charge in [0.15, 0.2) is 0 Å². The van der Waals surface area contributed by atoms with E-state index < -0.39 is 4.92 Å². The van der Waals surface area contributed by atoms with E-state index in [0.29, 0.717) is 23.3 Å². The first kappa shape index (κ1) is 16.1. The minimum Gasteiger partial charge on any atom is -0.369 e. The molecule has 0 spiro atoms. The summed E-state index contributed by atoms with van der Waals surface area (Å²) in [6, 6.07) is 13.0. The Morgan fingerprint density at radius 2 is 2.00 bits per heavy atom. The van der Waals surface area contributed by atoms with E-state index in [-0.39, 0.29) is 16.6 Å². The molecule has 1 atom stereocenters. The number of rotatable bonds is 5. The lowest BCUT2D eigenvalue weighted by Gasteiger charge is -2.14. The lowest BCUT2D eigenvalue weighted by molar-refractivity contribution is -0.384. The molecule has 0 amide bonds. The molecule has 24 heavy (non-hydrogen) atoms. The average Bonchev–Trinajstić information content (AvgIpc) is 2.59. The smallest absolute Gasteiger partial charge is 0.288 e. The van der Waals surface area contributed by atoms with Crippen molar-refractivity contribution in [3.8, 4) is 0 Å². The van der Waals surface area contributed by atoms with Gasteiger partial charge in [-0.25, -0.2) is 9.97 Å². The Morgan fingerprint density at radius 1 is 1.25 bits per heavy atom. The highest BCUT2D eigenvalue weighted by atomic mass is 35.5. The highest BCUT2D eigenvalue weighted by Gasteiger charge is 2.16. The van der Waals surface area contributed by atoms with Crippen LogP contribution in [-0.2, 0) is 0 Å². The summed E-state index contributed by atoms with van der Waals surface area (Å²) < 4.78 is 0. The fraction of sp³-hybridized carbons (Fsp3) is 0.176. The van der Waals surface area contributed by atoms with Crippen LogP contribution in [0.15, 0.2) is 48.8 Å². The summed E-state index contributed by atoms with van der Waals surface area (Å²) in [6.45, 7) is 2.75. The van der Waals surface area contributed by atoms with Crippen LogP contribution in [0.3, 0.4) is 0 Å². The van der Waals surface area contributed by atoms with E-state index in [1.165, 1.54) is 24.0 Å². The lowest BCUT2D eigenvalue weighted by atomic mass is 10.0. The number of benzene rings is 2. The van der Waals surface area contributed by atoms with Gasteiger partial charge in [-0.2, -0.15) is 0 Å². The standard InChI is InChI=1S/C17H15ClN4O2/c1-11(12-5-3-2-4-6-12)9-19-17-13-7-16(22(23)24)14(18)8-15(13)20-10-21-17/h2-8,10-11H,9H2,1H3,(H,19,20,21). The van der Waals surface area contributed by atoms with Crippen LogP contribution in [0.1, 0.15) is 18.4 Å². The number of hydrogen-bond donors (Lipinski definition) is 1. The van der Waals surface area contributed by atoms with Crippen molar-refractivity contribution in [1.29, 1.82) is 0 Å². The molecule has 1 N–H and O–H groups in total. The quantitative estimate of drug-likeness (QED) is 0.548. The SMILES string of the molecule is CC(CNc1ncnc2cc(Cl)c([N+](=O)[O-])cc12)c1ccccc1. The molecule has 7 heteroatoms. The number of nitrogens with zero attached hydrogens (tertiary/aromatic N) is 3. The molecule has 6 nitrogen and oxygen atoms in total. The molecule has 0 aliphatic rings. The number of nitro benzene ring substituents is 1. The Balaban J connectivity index is 1.89. The van der Waals surface area contributed by atoms with Gasteiger partial charge in [-0.1, -0.05) is 48.9 Å². The highest BCUT2D eigenvalue weighted by molar-refractivity contribution is 6.33. The van der Waals surface area contributed by atoms with Gasteiger partial charge in [-0.3, -0.25) is 10.1 Å². The van der Waals surface area contributed by atoms with E-state index in [0.717, 1.165) is 0 Å². The molecule has 1 unspecified atom stereocenters. The second-order valence-corrected chi connectivity index (χ2v) is 5.90. The number of nitrogens with one attached hydrogen (secondary N) is 1. The van der Waals surface area contributed by atoms with Gasteiger partial charge in [0.05, 0.1) is 10.4 Å². The van der Waals surface area contributed by atoms with E-state index >= 15 is 0 Å². The summed E-state index contributed by atoms with van der Waals surface area (Å²) in [5.74, 6) is 0.820. The van der Waals surface area contributed by atoms with Crippen LogP contribution >= 0.6 is 11.6 Å². The van der Waals surface area contributed by atoms with Crippen molar-refractivity contribution in [1.82, 2.24) is 9.97 Å². The van der Waals surface area contributed by atoms with Crippen LogP contribution in [0.2, 0.25) is 5.02 Å². The first-order valence-corrected chi connectivity index (χ1v) is 7.81. The molecule has 1 aromatic heterocycles. The van der Waals surface area contributed by atoms with Crippen molar-refractivity contribution in [3.05, 3.63) is 69.5 Å². The van der Waals surface area contributed by atoms with Gasteiger partial charge < -0.3 is 5.32 Å². The summed E-state index contributed by atoms with van der Waals surface area (Å²) in [5.41, 5.74) is 1.62. The Morgan fingerprint density at radius 3 is 2.71 bits per heavy atom. The zero-order chi connectivity index (χ0) is 17.1. The van der Waals surface area contributed by atoms with Crippen molar-refractivity contribution < 1.29 is 4.92 Å². The van der Waals surface area contributed by atoms with E-state index in [2.05, 4.69) is 34.3 Å². The second-order valence-electron chi connectivity index (χ2n) is 5.49. The van der Waals surface area contributed by atoms with E-state index in [1.807, 2.05) is 18.2 Å². The number of fused-ring (bicyclic) bond motifs is 1. The van der Waals surface area contributed by atoms with Crippen molar-refractivity contribution in [2.24, 2.45) is 0 Å². The molecular formula is C17H15ClN4O2. The van der Waals surface area contributed by atoms with Gasteiger partial charge in [0.1, 0.15) is 17.2 Å². The molecule has 0 aliphatic carbocycles. The number of hydrogen-bond acceptors (Lipinski definition) is 5. The zero-order valence-corrected chi connectivity index (χ0v) is 13.7. The van der Waals surface area contributed by atoms with Gasteiger partial charge in [-0.15, -0.1) is 0 Å². The second kappa shape index (κ2) is 6.80. The van der Waals surface area contributed by atoms with Gasteiger partial charge >= 0.3 is 0 Å². The lowest BCUT2D eigenvalue weighted by Crippen LogP contribution is -2.11. The summed E-state index contributed by atoms with van der Waals surface area (Å²) in [6.07, 6.45) is 1.42. The van der Waals surface area contributed by atoms with Crippen LogP contribution in [0.5, 0.6) is 0 Å². The van der Waals surface area contributed by atoms with Crippen molar-refractivity contribution >= 4 is 34.0 Å². The maximum absolute atomic E-state index is 11.1. The molecule has 0 saturated carbocycles. The van der Waals surface area contributed by atoms with Crippen LogP contribution < -0.4 is 5.32 Å². The van der Waals surface area contributed by atoms with Crippen molar-refractivity contribution in [3.63, 3.8) is 0 Å². The Kier molecular flexibility index (Phi) is 4.57. The molecule has 0 radical (unpaired) electrons. The molecule has 2 aromatic carbocycles. The molecule has 0 fully saturated rings. The molecule has 0 bridgehead atoms. The van der Waals surface area contributed by atoms with Gasteiger partial charge in [0, 0.05) is 18.0 Å². The molecule has 1 heterocycles. The number of aromatic nitrogens is 2. The monoisotopic (exact) mass is 342 g/mol. The average molecular weight is 343 g/mol. The van der Waals surface area contributed by atoms with Crippen LogP contribution in [0, 0.1) is 10.1 Å². The van der Waals surface area contributed by atoms with Crippen LogP contribution in [-0.4, -0.2) is 21.4 Å². The third kappa shape index (κ3) is 3.28. The predicted molar refractivity (Wildman–Crippen MR) is 94.5 cm³/mol. The van der Waals surface area contributed by atoms with Crippen LogP contribution in [0.25, 0.3) is 10.9 Å². The topological polar surface area (TPSA) is 81.0 Å². The Labute approximate surface area is 143 Å².